The summed E-state index contributed by atoms with van der Waals surface area (Å²) in [5.41, 5.74) is 15.1. The lowest BCUT2D eigenvalue weighted by Crippen LogP contribution is -2.39. The van der Waals surface area contributed by atoms with E-state index in [-0.39, 0.29) is 30.4 Å². The molecule has 0 amide bonds. The fourth-order valence-corrected chi connectivity index (χ4v) is 3.26. The van der Waals surface area contributed by atoms with Gasteiger partial charge in [-0.2, -0.15) is 0 Å². The summed E-state index contributed by atoms with van der Waals surface area (Å²) in [6.45, 7) is 1.63. The minimum atomic E-state index is -0.338. The number of anilines is 2. The molecular weight excluding hydrogens is 347 g/mol. The molecule has 2 heterocycles. The van der Waals surface area contributed by atoms with Gasteiger partial charge >= 0.3 is 0 Å². The van der Waals surface area contributed by atoms with Crippen LogP contribution in [0.15, 0.2) is 53.1 Å². The predicted octanol–water partition coefficient (Wildman–Crippen LogP) is 3.32. The van der Waals surface area contributed by atoms with E-state index in [1.165, 1.54) is 5.56 Å². The van der Waals surface area contributed by atoms with Crippen molar-refractivity contribution in [2.24, 2.45) is 5.73 Å². The zero-order chi connectivity index (χ0) is 15.2. The average Bonchev–Trinajstić information content (AvgIpc) is 3.13. The lowest BCUT2D eigenvalue weighted by Gasteiger charge is -2.26. The Morgan fingerprint density at radius 1 is 1.04 bits per heavy atom. The molecule has 1 saturated heterocycles. The van der Waals surface area contributed by atoms with Gasteiger partial charge in [-0.05, 0) is 24.1 Å². The molecule has 1 fully saturated rings. The number of halogens is 2. The molecule has 4 N–H and O–H groups in total. The van der Waals surface area contributed by atoms with Crippen molar-refractivity contribution in [3.05, 3.63) is 54.1 Å². The van der Waals surface area contributed by atoms with Crippen LogP contribution in [0.1, 0.15) is 12.0 Å². The molecule has 2 aromatic carbocycles. The fraction of sp³-hybridized carbons (Fsp3) is 0.235. The molecule has 1 atom stereocenters. The number of fused-ring (bicyclic) bond motifs is 1. The van der Waals surface area contributed by atoms with Crippen molar-refractivity contribution in [1.29, 1.82) is 0 Å². The van der Waals surface area contributed by atoms with Gasteiger partial charge in [0.05, 0.1) is 16.6 Å². The van der Waals surface area contributed by atoms with Crippen molar-refractivity contribution in [3.63, 3.8) is 0 Å². The summed E-state index contributed by atoms with van der Waals surface area (Å²) in [6.07, 6.45) is 0.900. The van der Waals surface area contributed by atoms with Crippen molar-refractivity contribution in [2.45, 2.75) is 12.0 Å². The van der Waals surface area contributed by atoms with E-state index in [1.54, 1.807) is 0 Å². The van der Waals surface area contributed by atoms with E-state index in [9.17, 15) is 0 Å². The van der Waals surface area contributed by atoms with Crippen LogP contribution in [-0.4, -0.2) is 18.2 Å². The third kappa shape index (κ3) is 2.90. The molecule has 5 nitrogen and oxygen atoms in total. The number of nitrogens with zero attached hydrogens (tertiary/aromatic N) is 2. The second-order valence-corrected chi connectivity index (χ2v) is 5.92. The highest BCUT2D eigenvalue weighted by Crippen LogP contribution is 2.36. The predicted molar refractivity (Wildman–Crippen MR) is 102 cm³/mol. The molecule has 24 heavy (non-hydrogen) atoms. The van der Waals surface area contributed by atoms with Gasteiger partial charge in [-0.25, -0.2) is 0 Å². The standard InChI is InChI=1S/C17H18N4O.2ClH/c18-16-13-7-4-8-14(15(13)22-20-16)21-10-9-17(19,11-21)12-5-2-1-3-6-12;;/h1-8H,9-11,19H2,(H2,18,20);2*1H. The molecule has 0 spiro atoms. The summed E-state index contributed by atoms with van der Waals surface area (Å²) in [5, 5.41) is 4.72. The second-order valence-electron chi connectivity index (χ2n) is 5.92. The van der Waals surface area contributed by atoms with Crippen LogP contribution in [0.25, 0.3) is 11.0 Å². The van der Waals surface area contributed by atoms with Gasteiger partial charge in [0, 0.05) is 13.1 Å². The molecule has 0 radical (unpaired) electrons. The SMILES string of the molecule is Cl.Cl.Nc1noc2c(N3CCC(N)(c4ccccc4)C3)cccc12. The first-order valence-corrected chi connectivity index (χ1v) is 7.41. The van der Waals surface area contributed by atoms with Gasteiger partial charge in [-0.3, -0.25) is 0 Å². The van der Waals surface area contributed by atoms with Gasteiger partial charge in [0.15, 0.2) is 11.4 Å². The van der Waals surface area contributed by atoms with Crippen molar-refractivity contribution < 1.29 is 4.52 Å². The largest absolute Gasteiger partial charge is 0.380 e. The van der Waals surface area contributed by atoms with Crippen LogP contribution in [0.3, 0.4) is 0 Å². The maximum Gasteiger partial charge on any atom is 0.192 e. The third-order valence-electron chi connectivity index (χ3n) is 4.50. The molecule has 1 unspecified atom stereocenters. The molecule has 1 aliphatic rings. The van der Waals surface area contributed by atoms with Crippen LogP contribution in [0.5, 0.6) is 0 Å². The van der Waals surface area contributed by atoms with E-state index in [2.05, 4.69) is 22.2 Å². The Bertz CT molecular complexity index is 824. The first kappa shape index (κ1) is 18.4. The third-order valence-corrected chi connectivity index (χ3v) is 4.50. The molecule has 3 aromatic rings. The molecule has 7 heteroatoms. The first-order chi connectivity index (χ1) is 10.7. The second kappa shape index (κ2) is 6.89. The highest BCUT2D eigenvalue weighted by Gasteiger charge is 2.36. The lowest BCUT2D eigenvalue weighted by atomic mass is 9.90. The normalized spacial score (nSPS) is 19.8. The number of rotatable bonds is 2. The van der Waals surface area contributed by atoms with Gasteiger partial charge in [0.25, 0.3) is 0 Å². The maximum atomic E-state index is 6.64. The van der Waals surface area contributed by atoms with Crippen LogP contribution >= 0.6 is 24.8 Å². The summed E-state index contributed by atoms with van der Waals surface area (Å²) >= 11 is 0. The zero-order valence-corrected chi connectivity index (χ0v) is 14.6. The van der Waals surface area contributed by atoms with E-state index < -0.39 is 0 Å². The Balaban J connectivity index is 0.00000104. The monoisotopic (exact) mass is 366 g/mol. The maximum absolute atomic E-state index is 6.64. The highest BCUT2D eigenvalue weighted by atomic mass is 35.5. The smallest absolute Gasteiger partial charge is 0.192 e. The molecule has 1 aromatic heterocycles. The Labute approximate surface area is 152 Å². The number of hydrogen-bond donors (Lipinski definition) is 2. The number of nitrogens with two attached hydrogens (primary N) is 2. The minimum absolute atomic E-state index is 0. The fourth-order valence-electron chi connectivity index (χ4n) is 3.26. The van der Waals surface area contributed by atoms with E-state index in [0.29, 0.717) is 5.82 Å². The van der Waals surface area contributed by atoms with Gasteiger partial charge < -0.3 is 20.9 Å². The van der Waals surface area contributed by atoms with Crippen LogP contribution in [-0.2, 0) is 5.54 Å². The Kier molecular flexibility index (Phi) is 5.28. The van der Waals surface area contributed by atoms with E-state index >= 15 is 0 Å². The van der Waals surface area contributed by atoms with Gasteiger partial charge in [0.2, 0.25) is 0 Å². The topological polar surface area (TPSA) is 81.3 Å². The lowest BCUT2D eigenvalue weighted by molar-refractivity contribution is 0.460. The Morgan fingerprint density at radius 2 is 1.79 bits per heavy atom. The molecule has 0 aliphatic carbocycles. The van der Waals surface area contributed by atoms with E-state index in [4.69, 9.17) is 16.0 Å². The molecule has 4 rings (SSSR count). The Hall–Kier alpha value is -1.95. The summed E-state index contributed by atoms with van der Waals surface area (Å²) in [6, 6.07) is 16.2. The van der Waals surface area contributed by atoms with Crippen molar-refractivity contribution >= 4 is 47.3 Å². The summed E-state index contributed by atoms with van der Waals surface area (Å²) in [7, 11) is 0. The van der Waals surface area contributed by atoms with Crippen molar-refractivity contribution in [2.75, 3.05) is 23.7 Å². The summed E-state index contributed by atoms with van der Waals surface area (Å²) in [5.74, 6) is 0.429. The number of nitrogen functional groups attached to an aromatic ring is 1. The summed E-state index contributed by atoms with van der Waals surface area (Å²) < 4.78 is 5.41. The number of benzene rings is 2. The molecule has 0 bridgehead atoms. The summed E-state index contributed by atoms with van der Waals surface area (Å²) in [4.78, 5) is 2.25. The number of aromatic nitrogens is 1. The van der Waals surface area contributed by atoms with Crippen LogP contribution in [0, 0.1) is 0 Å². The minimum Gasteiger partial charge on any atom is -0.380 e. The van der Waals surface area contributed by atoms with Gasteiger partial charge in [0.1, 0.15) is 0 Å². The number of para-hydroxylation sites is 1. The molecular formula is C17H20Cl2N4O. The number of hydrogen-bond acceptors (Lipinski definition) is 5. The Morgan fingerprint density at radius 3 is 2.54 bits per heavy atom. The molecule has 128 valence electrons. The highest BCUT2D eigenvalue weighted by molar-refractivity contribution is 5.95. The van der Waals surface area contributed by atoms with Crippen LogP contribution < -0.4 is 16.4 Å². The zero-order valence-electron chi connectivity index (χ0n) is 13.0. The van der Waals surface area contributed by atoms with Crippen LogP contribution in [0.2, 0.25) is 0 Å². The van der Waals surface area contributed by atoms with Gasteiger partial charge in [-0.1, -0.05) is 41.6 Å². The van der Waals surface area contributed by atoms with E-state index in [1.807, 2.05) is 36.4 Å². The van der Waals surface area contributed by atoms with E-state index in [0.717, 1.165) is 36.2 Å². The van der Waals surface area contributed by atoms with Gasteiger partial charge in [-0.15, -0.1) is 24.8 Å². The molecule has 0 saturated carbocycles. The quantitative estimate of drug-likeness (QED) is 0.726. The van der Waals surface area contributed by atoms with Crippen molar-refractivity contribution in [1.82, 2.24) is 5.16 Å². The van der Waals surface area contributed by atoms with Crippen molar-refractivity contribution in [3.8, 4) is 0 Å². The molecule has 1 aliphatic heterocycles. The van der Waals surface area contributed by atoms with Crippen LogP contribution in [0.4, 0.5) is 11.5 Å². The average molecular weight is 367 g/mol. The first-order valence-electron chi connectivity index (χ1n) is 7.41.